The summed E-state index contributed by atoms with van der Waals surface area (Å²) in [7, 11) is 4.40. The molecule has 0 radical (unpaired) electrons. The largest absolute Gasteiger partial charge is 0.373 e. The molecule has 2 rings (SSSR count). The van der Waals surface area contributed by atoms with Crippen LogP contribution in [0.2, 0.25) is 5.02 Å². The predicted molar refractivity (Wildman–Crippen MR) is 87.8 cm³/mol. The topological polar surface area (TPSA) is 18.5 Å². The van der Waals surface area contributed by atoms with Crippen LogP contribution in [-0.4, -0.2) is 44.7 Å². The summed E-state index contributed by atoms with van der Waals surface area (Å²) >= 11 is 6.38. The maximum Gasteiger partial charge on any atom is 0.0471 e. The van der Waals surface area contributed by atoms with Crippen LogP contribution in [0.15, 0.2) is 18.2 Å². The van der Waals surface area contributed by atoms with Crippen LogP contribution in [0, 0.1) is 0 Å². The smallest absolute Gasteiger partial charge is 0.0471 e. The number of likely N-dealkylation sites (tertiary alicyclic amines) is 1. The van der Waals surface area contributed by atoms with E-state index in [9.17, 15) is 0 Å². The maximum atomic E-state index is 6.38. The zero-order valence-corrected chi connectivity index (χ0v) is 13.6. The zero-order valence-electron chi connectivity index (χ0n) is 12.8. The molecule has 3 nitrogen and oxygen atoms in total. The third kappa shape index (κ3) is 3.66. The minimum absolute atomic E-state index is 0.658. The second-order valence-electron chi connectivity index (χ2n) is 5.68. The number of hydrogen-bond acceptors (Lipinski definition) is 3. The predicted octanol–water partition coefficient (Wildman–Crippen LogP) is 2.98. The summed E-state index contributed by atoms with van der Waals surface area (Å²) in [6, 6.07) is 6.86. The normalized spacial score (nSPS) is 19.5. The fourth-order valence-corrected chi connectivity index (χ4v) is 3.19. The Balaban J connectivity index is 2.11. The first-order valence-corrected chi connectivity index (χ1v) is 7.90. The lowest BCUT2D eigenvalue weighted by Crippen LogP contribution is -2.37. The summed E-state index contributed by atoms with van der Waals surface area (Å²) in [5.41, 5.74) is 2.46. The fourth-order valence-electron chi connectivity index (χ4n) is 2.95. The van der Waals surface area contributed by atoms with Gasteiger partial charge in [-0.2, -0.15) is 0 Å². The van der Waals surface area contributed by atoms with Crippen molar-refractivity contribution in [1.29, 1.82) is 0 Å². The van der Waals surface area contributed by atoms with Gasteiger partial charge in [0.1, 0.15) is 0 Å². The van der Waals surface area contributed by atoms with Crippen molar-refractivity contribution >= 4 is 17.3 Å². The minimum Gasteiger partial charge on any atom is -0.373 e. The van der Waals surface area contributed by atoms with Crippen LogP contribution in [0.4, 0.5) is 5.69 Å². The second kappa shape index (κ2) is 7.30. The van der Waals surface area contributed by atoms with E-state index >= 15 is 0 Å². The van der Waals surface area contributed by atoms with E-state index in [4.69, 9.17) is 11.6 Å². The zero-order chi connectivity index (χ0) is 14.5. The lowest BCUT2D eigenvalue weighted by Gasteiger charge is -2.29. The number of halogens is 1. The Morgan fingerprint density at radius 2 is 2.25 bits per heavy atom. The van der Waals surface area contributed by atoms with Crippen molar-refractivity contribution in [2.24, 2.45) is 0 Å². The minimum atomic E-state index is 0.658. The van der Waals surface area contributed by atoms with E-state index in [1.807, 2.05) is 12.1 Å². The Hall–Kier alpha value is -0.770. The molecule has 0 amide bonds. The molecule has 112 valence electrons. The molecule has 1 aliphatic heterocycles. The van der Waals surface area contributed by atoms with Gasteiger partial charge in [-0.05, 0) is 45.1 Å². The number of nitrogens with one attached hydrogen (secondary N) is 1. The van der Waals surface area contributed by atoms with Gasteiger partial charge in [0, 0.05) is 42.5 Å². The van der Waals surface area contributed by atoms with Gasteiger partial charge in [0.05, 0.1) is 0 Å². The number of hydrogen-bond donors (Lipinski definition) is 1. The van der Waals surface area contributed by atoms with Gasteiger partial charge in [0.2, 0.25) is 0 Å². The molecular formula is C16H26ClN3. The van der Waals surface area contributed by atoms with Gasteiger partial charge in [0.25, 0.3) is 0 Å². The Morgan fingerprint density at radius 1 is 1.45 bits per heavy atom. The molecule has 1 aliphatic rings. The van der Waals surface area contributed by atoms with E-state index in [2.05, 4.69) is 42.2 Å². The van der Waals surface area contributed by atoms with Gasteiger partial charge in [-0.25, -0.2) is 0 Å². The van der Waals surface area contributed by atoms with Crippen LogP contribution >= 0.6 is 11.6 Å². The maximum absolute atomic E-state index is 6.38. The van der Waals surface area contributed by atoms with Crippen molar-refractivity contribution in [3.05, 3.63) is 28.8 Å². The third-order valence-corrected chi connectivity index (χ3v) is 4.57. The summed E-state index contributed by atoms with van der Waals surface area (Å²) < 4.78 is 0. The first kappa shape index (κ1) is 15.6. The average molecular weight is 296 g/mol. The van der Waals surface area contributed by atoms with Crippen molar-refractivity contribution in [1.82, 2.24) is 10.2 Å². The highest BCUT2D eigenvalue weighted by atomic mass is 35.5. The highest BCUT2D eigenvalue weighted by Crippen LogP contribution is 2.28. The quantitative estimate of drug-likeness (QED) is 0.870. The summed E-state index contributed by atoms with van der Waals surface area (Å²) in [5.74, 6) is 0. The third-order valence-electron chi connectivity index (χ3n) is 4.21. The summed E-state index contributed by atoms with van der Waals surface area (Å²) in [6.07, 6.45) is 2.61. The molecule has 1 heterocycles. The van der Waals surface area contributed by atoms with E-state index < -0.39 is 0 Å². The van der Waals surface area contributed by atoms with Crippen LogP contribution in [-0.2, 0) is 6.54 Å². The van der Waals surface area contributed by atoms with Crippen molar-refractivity contribution < 1.29 is 0 Å². The lowest BCUT2D eigenvalue weighted by molar-refractivity contribution is 0.314. The fraction of sp³-hybridized carbons (Fsp3) is 0.625. The molecule has 1 atom stereocenters. The average Bonchev–Trinajstić information content (AvgIpc) is 2.82. The van der Waals surface area contributed by atoms with Gasteiger partial charge in [-0.15, -0.1) is 0 Å². The number of rotatable bonds is 6. The van der Waals surface area contributed by atoms with E-state index in [0.29, 0.717) is 6.04 Å². The molecular weight excluding hydrogens is 270 g/mol. The molecule has 1 aromatic rings. The molecule has 1 N–H and O–H groups in total. The Labute approximate surface area is 127 Å². The van der Waals surface area contributed by atoms with Gasteiger partial charge >= 0.3 is 0 Å². The molecule has 0 saturated carbocycles. The Bertz CT molecular complexity index is 436. The van der Waals surface area contributed by atoms with Gasteiger partial charge < -0.3 is 15.1 Å². The highest BCUT2D eigenvalue weighted by Gasteiger charge is 2.23. The van der Waals surface area contributed by atoms with E-state index in [-0.39, 0.29) is 0 Å². The van der Waals surface area contributed by atoms with Gasteiger partial charge in [-0.1, -0.05) is 24.6 Å². The number of likely N-dealkylation sites (N-methyl/N-ethyl adjacent to an activating group) is 2. The van der Waals surface area contributed by atoms with Crippen LogP contribution in [0.5, 0.6) is 0 Å². The van der Waals surface area contributed by atoms with Crippen molar-refractivity contribution in [3.63, 3.8) is 0 Å². The number of nitrogens with zero attached hydrogens (tertiary/aromatic N) is 2. The Morgan fingerprint density at radius 3 is 2.90 bits per heavy atom. The van der Waals surface area contributed by atoms with Crippen molar-refractivity contribution in [2.75, 3.05) is 38.6 Å². The standard InChI is InChI=1S/C16H26ClN3/c1-4-18-11-14-15(17)8-5-9-16(14)20(3)12-13-7-6-10-19(13)2/h5,8-9,13,18H,4,6-7,10-12H2,1-3H3. The summed E-state index contributed by atoms with van der Waals surface area (Å²) in [4.78, 5) is 4.82. The molecule has 0 spiro atoms. The number of anilines is 1. The monoisotopic (exact) mass is 295 g/mol. The van der Waals surface area contributed by atoms with Gasteiger partial charge in [0.15, 0.2) is 0 Å². The number of benzene rings is 1. The lowest BCUT2D eigenvalue weighted by atomic mass is 10.1. The molecule has 1 unspecified atom stereocenters. The first-order chi connectivity index (χ1) is 9.63. The molecule has 1 aromatic carbocycles. The second-order valence-corrected chi connectivity index (χ2v) is 6.08. The van der Waals surface area contributed by atoms with Crippen LogP contribution in [0.1, 0.15) is 25.3 Å². The first-order valence-electron chi connectivity index (χ1n) is 7.53. The molecule has 20 heavy (non-hydrogen) atoms. The summed E-state index contributed by atoms with van der Waals surface area (Å²) in [5, 5.41) is 4.24. The molecule has 4 heteroatoms. The van der Waals surface area contributed by atoms with Gasteiger partial charge in [-0.3, -0.25) is 0 Å². The van der Waals surface area contributed by atoms with Crippen LogP contribution in [0.3, 0.4) is 0 Å². The molecule has 0 aromatic heterocycles. The molecule has 1 saturated heterocycles. The molecule has 0 aliphatic carbocycles. The summed E-state index contributed by atoms with van der Waals surface area (Å²) in [6.45, 7) is 6.19. The van der Waals surface area contributed by atoms with Crippen LogP contribution in [0.25, 0.3) is 0 Å². The molecule has 0 bridgehead atoms. The van der Waals surface area contributed by atoms with E-state index in [0.717, 1.165) is 24.7 Å². The highest BCUT2D eigenvalue weighted by molar-refractivity contribution is 6.31. The van der Waals surface area contributed by atoms with Crippen molar-refractivity contribution in [3.8, 4) is 0 Å². The Kier molecular flexibility index (Phi) is 5.70. The SMILES string of the molecule is CCNCc1c(Cl)cccc1N(C)CC1CCCN1C. The van der Waals surface area contributed by atoms with Crippen LogP contribution < -0.4 is 10.2 Å². The van der Waals surface area contributed by atoms with E-state index in [1.165, 1.54) is 30.6 Å². The van der Waals surface area contributed by atoms with Crippen molar-refractivity contribution in [2.45, 2.75) is 32.4 Å². The van der Waals surface area contributed by atoms with E-state index in [1.54, 1.807) is 0 Å². The molecule has 1 fully saturated rings.